The highest BCUT2D eigenvalue weighted by Gasteiger charge is 2.21. The third kappa shape index (κ3) is 4.75. The van der Waals surface area contributed by atoms with Gasteiger partial charge >= 0.3 is 0 Å². The monoisotopic (exact) mass is 172 g/mol. The van der Waals surface area contributed by atoms with Gasteiger partial charge in [-0.25, -0.2) is 0 Å². The van der Waals surface area contributed by atoms with Crippen LogP contribution in [0.2, 0.25) is 6.32 Å². The number of hydrogen-bond acceptors (Lipinski definition) is 2. The summed E-state index contributed by atoms with van der Waals surface area (Å²) in [4.78, 5) is 0. The van der Waals surface area contributed by atoms with Crippen LogP contribution in [0.15, 0.2) is 0 Å². The standard InChI is InChI=1S/C8H17BOS/c1-2-8(10,7-11)5-3-4-6-9/h10-11H,2-7H2,1H3. The number of hydrogen-bond donors (Lipinski definition) is 2. The van der Waals surface area contributed by atoms with Crippen molar-refractivity contribution in [2.45, 2.75) is 44.5 Å². The van der Waals surface area contributed by atoms with Crippen LogP contribution in [0.1, 0.15) is 32.6 Å². The Balaban J connectivity index is 3.51. The van der Waals surface area contributed by atoms with Crippen LogP contribution in [0.4, 0.5) is 0 Å². The molecule has 11 heavy (non-hydrogen) atoms. The lowest BCUT2D eigenvalue weighted by atomic mass is 9.92. The summed E-state index contributed by atoms with van der Waals surface area (Å²) >= 11 is 4.10. The van der Waals surface area contributed by atoms with Crippen LogP contribution >= 0.6 is 12.6 Å². The Kier molecular flexibility index (Phi) is 6.16. The van der Waals surface area contributed by atoms with E-state index in [-0.39, 0.29) is 0 Å². The van der Waals surface area contributed by atoms with E-state index in [2.05, 4.69) is 12.6 Å². The van der Waals surface area contributed by atoms with Crippen LogP contribution in [-0.2, 0) is 0 Å². The van der Waals surface area contributed by atoms with Crippen LogP contribution in [0.3, 0.4) is 0 Å². The summed E-state index contributed by atoms with van der Waals surface area (Å²) < 4.78 is 0. The van der Waals surface area contributed by atoms with Gasteiger partial charge in [-0.05, 0) is 12.8 Å². The Morgan fingerprint density at radius 3 is 2.45 bits per heavy atom. The lowest BCUT2D eigenvalue weighted by Gasteiger charge is -2.24. The fourth-order valence-electron chi connectivity index (χ4n) is 0.966. The maximum absolute atomic E-state index is 9.74. The van der Waals surface area contributed by atoms with Crippen molar-refractivity contribution >= 4 is 20.5 Å². The molecule has 0 aliphatic carbocycles. The van der Waals surface area contributed by atoms with Gasteiger partial charge in [0.2, 0.25) is 0 Å². The predicted molar refractivity (Wildman–Crippen MR) is 53.5 cm³/mol. The molecule has 0 saturated carbocycles. The molecule has 2 radical (unpaired) electrons. The third-order valence-corrected chi connectivity index (χ3v) is 2.64. The molecular formula is C8H17BOS. The van der Waals surface area contributed by atoms with Crippen molar-refractivity contribution in [2.75, 3.05) is 5.75 Å². The molecule has 3 heteroatoms. The van der Waals surface area contributed by atoms with Crippen molar-refractivity contribution < 1.29 is 5.11 Å². The molecule has 0 saturated heterocycles. The maximum Gasteiger partial charge on any atom is 0.0732 e. The van der Waals surface area contributed by atoms with Crippen LogP contribution < -0.4 is 0 Å². The summed E-state index contributed by atoms with van der Waals surface area (Å²) in [5, 5.41) is 9.74. The molecule has 0 aromatic carbocycles. The van der Waals surface area contributed by atoms with E-state index in [1.165, 1.54) is 0 Å². The molecular weight excluding hydrogens is 155 g/mol. The minimum Gasteiger partial charge on any atom is -0.389 e. The van der Waals surface area contributed by atoms with E-state index >= 15 is 0 Å². The summed E-state index contributed by atoms with van der Waals surface area (Å²) in [6.45, 7) is 1.98. The first-order valence-electron chi connectivity index (χ1n) is 4.22. The van der Waals surface area contributed by atoms with Gasteiger partial charge in [-0.15, -0.1) is 0 Å². The van der Waals surface area contributed by atoms with E-state index in [0.717, 1.165) is 25.7 Å². The van der Waals surface area contributed by atoms with E-state index < -0.39 is 5.60 Å². The fraction of sp³-hybridized carbons (Fsp3) is 1.00. The quantitative estimate of drug-likeness (QED) is 0.355. The van der Waals surface area contributed by atoms with Crippen molar-refractivity contribution in [3.05, 3.63) is 0 Å². The zero-order valence-corrected chi connectivity index (χ0v) is 8.11. The topological polar surface area (TPSA) is 20.2 Å². The summed E-state index contributed by atoms with van der Waals surface area (Å²) in [5.41, 5.74) is -0.557. The van der Waals surface area contributed by atoms with Crippen LogP contribution in [0, 0.1) is 0 Å². The van der Waals surface area contributed by atoms with Gasteiger partial charge in [0, 0.05) is 5.75 Å². The Morgan fingerprint density at radius 2 is 2.09 bits per heavy atom. The molecule has 0 fully saturated rings. The number of rotatable bonds is 6. The average molecular weight is 172 g/mol. The minimum atomic E-state index is -0.557. The molecule has 1 unspecified atom stereocenters. The first-order valence-corrected chi connectivity index (χ1v) is 4.85. The van der Waals surface area contributed by atoms with Crippen molar-refractivity contribution in [3.63, 3.8) is 0 Å². The predicted octanol–water partition coefficient (Wildman–Crippen LogP) is 1.81. The molecule has 64 valence electrons. The normalized spacial score (nSPS) is 16.3. The largest absolute Gasteiger partial charge is 0.389 e. The van der Waals surface area contributed by atoms with Crippen LogP contribution in [0.25, 0.3) is 0 Å². The highest BCUT2D eigenvalue weighted by atomic mass is 32.1. The summed E-state index contributed by atoms with van der Waals surface area (Å²) in [6.07, 6.45) is 4.31. The summed E-state index contributed by atoms with van der Waals surface area (Å²) in [5.74, 6) is 0.550. The van der Waals surface area contributed by atoms with Crippen LogP contribution in [-0.4, -0.2) is 24.3 Å². The lowest BCUT2D eigenvalue weighted by molar-refractivity contribution is 0.0501. The second kappa shape index (κ2) is 5.95. The van der Waals surface area contributed by atoms with Crippen LogP contribution in [0.5, 0.6) is 0 Å². The van der Waals surface area contributed by atoms with E-state index in [0.29, 0.717) is 12.1 Å². The fourth-order valence-corrected chi connectivity index (χ4v) is 1.35. The molecule has 0 rings (SSSR count). The first-order chi connectivity index (χ1) is 5.18. The van der Waals surface area contributed by atoms with E-state index in [9.17, 15) is 5.11 Å². The molecule has 0 heterocycles. The summed E-state index contributed by atoms with van der Waals surface area (Å²) in [7, 11) is 5.34. The van der Waals surface area contributed by atoms with Gasteiger partial charge in [0.1, 0.15) is 0 Å². The highest BCUT2D eigenvalue weighted by Crippen LogP contribution is 2.19. The van der Waals surface area contributed by atoms with E-state index in [1.807, 2.05) is 6.92 Å². The molecule has 0 aromatic rings. The van der Waals surface area contributed by atoms with Gasteiger partial charge in [-0.1, -0.05) is 26.1 Å². The third-order valence-electron chi connectivity index (χ3n) is 2.05. The zero-order chi connectivity index (χ0) is 8.74. The van der Waals surface area contributed by atoms with Gasteiger partial charge in [0.05, 0.1) is 13.4 Å². The van der Waals surface area contributed by atoms with E-state index in [4.69, 9.17) is 7.85 Å². The van der Waals surface area contributed by atoms with Gasteiger partial charge in [-0.2, -0.15) is 12.6 Å². The smallest absolute Gasteiger partial charge is 0.0732 e. The second-order valence-electron chi connectivity index (χ2n) is 2.98. The van der Waals surface area contributed by atoms with Crippen molar-refractivity contribution in [1.82, 2.24) is 0 Å². The molecule has 0 bridgehead atoms. The molecule has 0 amide bonds. The Hall–Kier alpha value is 0.375. The lowest BCUT2D eigenvalue weighted by Crippen LogP contribution is -2.29. The highest BCUT2D eigenvalue weighted by molar-refractivity contribution is 7.80. The maximum atomic E-state index is 9.74. The molecule has 0 spiro atoms. The van der Waals surface area contributed by atoms with Gasteiger partial charge < -0.3 is 5.11 Å². The average Bonchev–Trinajstić information content (AvgIpc) is 2.05. The Labute approximate surface area is 76.4 Å². The Morgan fingerprint density at radius 1 is 1.45 bits per heavy atom. The molecule has 1 N–H and O–H groups in total. The van der Waals surface area contributed by atoms with E-state index in [1.54, 1.807) is 0 Å². The first kappa shape index (κ1) is 11.4. The molecule has 1 nitrogen and oxygen atoms in total. The second-order valence-corrected chi connectivity index (χ2v) is 3.30. The molecule has 0 aromatic heterocycles. The summed E-state index contributed by atoms with van der Waals surface area (Å²) in [6, 6.07) is 0. The Bertz CT molecular complexity index is 94.1. The minimum absolute atomic E-state index is 0.550. The van der Waals surface area contributed by atoms with Crippen molar-refractivity contribution in [3.8, 4) is 0 Å². The SMILES string of the molecule is [B]CCCCC(O)(CC)CS. The van der Waals surface area contributed by atoms with Gasteiger partial charge in [-0.3, -0.25) is 0 Å². The number of unbranched alkanes of at least 4 members (excludes halogenated alkanes) is 1. The number of aliphatic hydroxyl groups is 1. The van der Waals surface area contributed by atoms with Crippen molar-refractivity contribution in [2.24, 2.45) is 0 Å². The zero-order valence-electron chi connectivity index (χ0n) is 7.21. The van der Waals surface area contributed by atoms with Gasteiger partial charge in [0.15, 0.2) is 0 Å². The molecule has 0 aliphatic rings. The van der Waals surface area contributed by atoms with Gasteiger partial charge in [0.25, 0.3) is 0 Å². The number of thiol groups is 1. The van der Waals surface area contributed by atoms with Crippen molar-refractivity contribution in [1.29, 1.82) is 0 Å². The molecule has 0 aliphatic heterocycles. The molecule has 1 atom stereocenters.